The van der Waals surface area contributed by atoms with Crippen LogP contribution in [0, 0.1) is 0 Å². The lowest BCUT2D eigenvalue weighted by Gasteiger charge is -2.08. The van der Waals surface area contributed by atoms with E-state index in [2.05, 4.69) is 15.0 Å². The van der Waals surface area contributed by atoms with Crippen molar-refractivity contribution in [3.8, 4) is 0 Å². The minimum Gasteiger partial charge on any atom is -0.366 e. The van der Waals surface area contributed by atoms with Gasteiger partial charge in [0.25, 0.3) is 15.9 Å². The van der Waals surface area contributed by atoms with Crippen LogP contribution in [0.4, 0.5) is 10.8 Å². The Kier molecular flexibility index (Phi) is 5.71. The molecule has 1 aromatic heterocycles. The molecule has 8 nitrogen and oxygen atoms in total. The van der Waals surface area contributed by atoms with Gasteiger partial charge >= 0.3 is 0 Å². The Morgan fingerprint density at radius 1 is 1.04 bits per heavy atom. The first-order valence-electron chi connectivity index (χ1n) is 8.06. The van der Waals surface area contributed by atoms with E-state index in [1.807, 2.05) is 0 Å². The molecule has 1 heterocycles. The average molecular weight is 416 g/mol. The van der Waals surface area contributed by atoms with Crippen LogP contribution in [0.5, 0.6) is 0 Å². The largest absolute Gasteiger partial charge is 0.366 e. The van der Waals surface area contributed by atoms with Crippen molar-refractivity contribution in [2.24, 2.45) is 5.73 Å². The molecule has 0 spiro atoms. The molecule has 0 saturated carbocycles. The lowest BCUT2D eigenvalue weighted by molar-refractivity contribution is -0.115. The molecule has 0 bridgehead atoms. The van der Waals surface area contributed by atoms with Crippen molar-refractivity contribution in [1.29, 1.82) is 0 Å². The molecule has 3 aromatic rings. The fraction of sp³-hybridized carbons (Fsp3) is 0.0556. The maximum Gasteiger partial charge on any atom is 0.263 e. The molecule has 0 aliphatic rings. The number of sulfonamides is 1. The zero-order valence-corrected chi connectivity index (χ0v) is 16.1. The van der Waals surface area contributed by atoms with Gasteiger partial charge in [0.2, 0.25) is 5.91 Å². The highest BCUT2D eigenvalue weighted by molar-refractivity contribution is 7.93. The number of rotatable bonds is 7. The maximum absolute atomic E-state index is 12.3. The summed E-state index contributed by atoms with van der Waals surface area (Å²) < 4.78 is 27.0. The van der Waals surface area contributed by atoms with Crippen molar-refractivity contribution in [1.82, 2.24) is 4.98 Å². The number of hydrogen-bond donors (Lipinski definition) is 3. The first-order valence-corrected chi connectivity index (χ1v) is 10.4. The van der Waals surface area contributed by atoms with Crippen LogP contribution >= 0.6 is 11.3 Å². The van der Waals surface area contributed by atoms with Gasteiger partial charge in [0, 0.05) is 5.38 Å². The van der Waals surface area contributed by atoms with Crippen LogP contribution in [0.1, 0.15) is 16.1 Å². The van der Waals surface area contributed by atoms with Crippen LogP contribution in [-0.4, -0.2) is 25.2 Å². The number of primary amides is 1. The smallest absolute Gasteiger partial charge is 0.263 e. The molecule has 0 saturated heterocycles. The number of aromatic nitrogens is 1. The van der Waals surface area contributed by atoms with Gasteiger partial charge in [-0.1, -0.05) is 30.3 Å². The van der Waals surface area contributed by atoms with Crippen LogP contribution in [0.2, 0.25) is 0 Å². The highest BCUT2D eigenvalue weighted by Crippen LogP contribution is 2.21. The third-order valence-corrected chi connectivity index (χ3v) is 5.93. The first kappa shape index (κ1) is 19.5. The highest BCUT2D eigenvalue weighted by Gasteiger charge is 2.17. The molecule has 0 atom stereocenters. The monoisotopic (exact) mass is 416 g/mol. The van der Waals surface area contributed by atoms with Crippen molar-refractivity contribution in [3.63, 3.8) is 0 Å². The molecular weight excluding hydrogens is 400 g/mol. The molecule has 2 amide bonds. The SMILES string of the molecule is NC(=O)c1ccccc1NC(=O)Cc1csc(NS(=O)(=O)c2ccccc2)n1. The number of carbonyl (C=O) groups excluding carboxylic acids is 2. The number of nitrogens with zero attached hydrogens (tertiary/aromatic N) is 1. The van der Waals surface area contributed by atoms with E-state index in [-0.39, 0.29) is 22.0 Å². The number of amides is 2. The Balaban J connectivity index is 1.67. The molecule has 0 aliphatic heterocycles. The van der Waals surface area contributed by atoms with Crippen molar-refractivity contribution >= 4 is 44.0 Å². The number of thiazole rings is 1. The number of carbonyl (C=O) groups is 2. The summed E-state index contributed by atoms with van der Waals surface area (Å²) in [4.78, 5) is 27.9. The number of nitrogens with two attached hydrogens (primary N) is 1. The minimum absolute atomic E-state index is 0.0866. The highest BCUT2D eigenvalue weighted by atomic mass is 32.2. The quantitative estimate of drug-likeness (QED) is 0.543. The molecule has 4 N–H and O–H groups in total. The Bertz CT molecular complexity index is 1110. The van der Waals surface area contributed by atoms with E-state index in [0.717, 1.165) is 11.3 Å². The number of para-hydroxylation sites is 1. The number of anilines is 2. The van der Waals surface area contributed by atoms with E-state index in [1.54, 1.807) is 41.8 Å². The molecule has 2 aromatic carbocycles. The second-order valence-corrected chi connectivity index (χ2v) is 8.24. The van der Waals surface area contributed by atoms with Gasteiger partial charge in [-0.2, -0.15) is 0 Å². The van der Waals surface area contributed by atoms with E-state index >= 15 is 0 Å². The second-order valence-electron chi connectivity index (χ2n) is 5.70. The Labute approximate surface area is 165 Å². The van der Waals surface area contributed by atoms with E-state index in [9.17, 15) is 18.0 Å². The summed E-state index contributed by atoms with van der Waals surface area (Å²) in [5, 5.41) is 4.35. The topological polar surface area (TPSA) is 131 Å². The maximum atomic E-state index is 12.3. The van der Waals surface area contributed by atoms with Crippen molar-refractivity contribution < 1.29 is 18.0 Å². The van der Waals surface area contributed by atoms with E-state index in [0.29, 0.717) is 11.4 Å². The van der Waals surface area contributed by atoms with Crippen LogP contribution < -0.4 is 15.8 Å². The fourth-order valence-corrected chi connectivity index (χ4v) is 4.36. The molecule has 0 aliphatic carbocycles. The molecular formula is C18H16N4O4S2. The Morgan fingerprint density at radius 2 is 1.71 bits per heavy atom. The molecule has 10 heteroatoms. The molecule has 0 unspecified atom stereocenters. The van der Waals surface area contributed by atoms with Crippen LogP contribution in [0.15, 0.2) is 64.9 Å². The summed E-state index contributed by atoms with van der Waals surface area (Å²) in [6.45, 7) is 0. The van der Waals surface area contributed by atoms with E-state index in [1.165, 1.54) is 18.2 Å². The van der Waals surface area contributed by atoms with Gasteiger partial charge in [0.05, 0.1) is 28.3 Å². The van der Waals surface area contributed by atoms with Gasteiger partial charge in [-0.05, 0) is 24.3 Å². The lowest BCUT2D eigenvalue weighted by atomic mass is 10.1. The van der Waals surface area contributed by atoms with Gasteiger partial charge in [-0.25, -0.2) is 13.4 Å². The van der Waals surface area contributed by atoms with Crippen LogP contribution in [0.25, 0.3) is 0 Å². The third kappa shape index (κ3) is 4.72. The summed E-state index contributed by atoms with van der Waals surface area (Å²) in [5.41, 5.74) is 6.19. The lowest BCUT2D eigenvalue weighted by Crippen LogP contribution is -2.19. The normalized spacial score (nSPS) is 11.0. The zero-order valence-electron chi connectivity index (χ0n) is 14.5. The second kappa shape index (κ2) is 8.19. The van der Waals surface area contributed by atoms with Gasteiger partial charge < -0.3 is 11.1 Å². The summed E-state index contributed by atoms with van der Waals surface area (Å²) in [6, 6.07) is 14.3. The van der Waals surface area contributed by atoms with Crippen molar-refractivity contribution in [2.45, 2.75) is 11.3 Å². The van der Waals surface area contributed by atoms with Gasteiger partial charge in [-0.3, -0.25) is 14.3 Å². The molecule has 144 valence electrons. The summed E-state index contributed by atoms with van der Waals surface area (Å²) >= 11 is 1.07. The number of nitrogens with one attached hydrogen (secondary N) is 2. The predicted octanol–water partition coefficient (Wildman–Crippen LogP) is 2.22. The number of hydrogen-bond acceptors (Lipinski definition) is 6. The summed E-state index contributed by atoms with van der Waals surface area (Å²) in [6.07, 6.45) is -0.0866. The van der Waals surface area contributed by atoms with Crippen LogP contribution in [0.3, 0.4) is 0 Å². The van der Waals surface area contributed by atoms with E-state index < -0.39 is 21.8 Å². The minimum atomic E-state index is -3.75. The van der Waals surface area contributed by atoms with Crippen LogP contribution in [-0.2, 0) is 21.2 Å². The average Bonchev–Trinajstić information content (AvgIpc) is 3.08. The Morgan fingerprint density at radius 3 is 2.43 bits per heavy atom. The Hall–Kier alpha value is -3.24. The molecule has 0 fully saturated rings. The standard InChI is InChI=1S/C18H16N4O4S2/c19-17(24)14-8-4-5-9-15(14)21-16(23)10-12-11-27-18(20-12)22-28(25,26)13-6-2-1-3-7-13/h1-9,11H,10H2,(H2,19,24)(H,20,22)(H,21,23). The summed E-state index contributed by atoms with van der Waals surface area (Å²) in [5.74, 6) is -1.06. The first-order chi connectivity index (χ1) is 13.3. The summed E-state index contributed by atoms with van der Waals surface area (Å²) in [7, 11) is -3.75. The van der Waals surface area contributed by atoms with E-state index in [4.69, 9.17) is 5.73 Å². The zero-order chi connectivity index (χ0) is 20.1. The molecule has 0 radical (unpaired) electrons. The van der Waals surface area contributed by atoms with Gasteiger partial charge in [-0.15, -0.1) is 11.3 Å². The molecule has 3 rings (SSSR count). The van der Waals surface area contributed by atoms with Gasteiger partial charge in [0.1, 0.15) is 0 Å². The van der Waals surface area contributed by atoms with Crippen molar-refractivity contribution in [3.05, 3.63) is 71.2 Å². The third-order valence-electron chi connectivity index (χ3n) is 3.64. The fourth-order valence-electron chi connectivity index (χ4n) is 2.37. The van der Waals surface area contributed by atoms with Crippen molar-refractivity contribution in [2.75, 3.05) is 10.0 Å². The molecule has 28 heavy (non-hydrogen) atoms. The van der Waals surface area contributed by atoms with Gasteiger partial charge in [0.15, 0.2) is 5.13 Å². The predicted molar refractivity (Wildman–Crippen MR) is 107 cm³/mol. The number of benzene rings is 2.